The van der Waals surface area contributed by atoms with Crippen LogP contribution >= 0.6 is 0 Å². The first-order valence-electron chi connectivity index (χ1n) is 4.55. The van der Waals surface area contributed by atoms with Crippen LogP contribution in [0.2, 0.25) is 0 Å². The summed E-state index contributed by atoms with van der Waals surface area (Å²) in [5.41, 5.74) is 0. The molecule has 0 radical (unpaired) electrons. The van der Waals surface area contributed by atoms with Crippen LogP contribution in [0.25, 0.3) is 0 Å². The van der Waals surface area contributed by atoms with Crippen molar-refractivity contribution in [3.8, 4) is 0 Å². The second-order valence-corrected chi connectivity index (χ2v) is 5.74. The molecule has 1 rings (SSSR count). The van der Waals surface area contributed by atoms with Crippen molar-refractivity contribution in [3.63, 3.8) is 0 Å². The minimum Gasteiger partial charge on any atom is -0.348 e. The number of sulfonamides is 1. The van der Waals surface area contributed by atoms with Gasteiger partial charge in [0.25, 0.3) is 0 Å². The molecule has 0 aromatic carbocycles. The van der Waals surface area contributed by atoms with E-state index in [-0.39, 0.29) is 6.10 Å². The van der Waals surface area contributed by atoms with Gasteiger partial charge in [0.05, 0.1) is 19.0 Å². The van der Waals surface area contributed by atoms with E-state index in [1.54, 1.807) is 0 Å². The molecule has 1 unspecified atom stereocenters. The van der Waals surface area contributed by atoms with Crippen LogP contribution in [0.15, 0.2) is 0 Å². The maximum Gasteiger partial charge on any atom is 0.208 e. The summed E-state index contributed by atoms with van der Waals surface area (Å²) in [5.74, 6) is -0.532. The van der Waals surface area contributed by atoms with Gasteiger partial charge in [-0.15, -0.1) is 0 Å². The Bertz CT molecular complexity index is 286. The fourth-order valence-corrected chi connectivity index (χ4v) is 1.80. The van der Waals surface area contributed by atoms with Gasteiger partial charge in [-0.05, 0) is 20.3 Å². The van der Waals surface area contributed by atoms with E-state index in [2.05, 4.69) is 4.72 Å². The van der Waals surface area contributed by atoms with E-state index in [1.165, 1.54) is 0 Å². The van der Waals surface area contributed by atoms with Crippen molar-refractivity contribution < 1.29 is 17.9 Å². The molecule has 1 saturated heterocycles. The Morgan fingerprint density at radius 2 is 2.14 bits per heavy atom. The van der Waals surface area contributed by atoms with Crippen LogP contribution in [-0.4, -0.2) is 39.7 Å². The third kappa shape index (κ3) is 4.36. The minimum absolute atomic E-state index is 0.0146. The van der Waals surface area contributed by atoms with E-state index in [0.717, 1.165) is 6.26 Å². The highest BCUT2D eigenvalue weighted by Gasteiger charge is 2.32. The average Bonchev–Trinajstić information content (AvgIpc) is 2.27. The second-order valence-electron chi connectivity index (χ2n) is 3.91. The summed E-state index contributed by atoms with van der Waals surface area (Å²) in [6, 6.07) is 0. The van der Waals surface area contributed by atoms with Gasteiger partial charge in [-0.25, -0.2) is 13.1 Å². The number of ether oxygens (including phenoxy) is 2. The Morgan fingerprint density at radius 1 is 1.50 bits per heavy atom. The lowest BCUT2D eigenvalue weighted by molar-refractivity contribution is -0.138. The van der Waals surface area contributed by atoms with Crippen LogP contribution in [0.4, 0.5) is 0 Å². The van der Waals surface area contributed by atoms with Crippen LogP contribution in [0.5, 0.6) is 0 Å². The molecule has 1 fully saturated rings. The van der Waals surface area contributed by atoms with Crippen molar-refractivity contribution in [3.05, 3.63) is 0 Å². The smallest absolute Gasteiger partial charge is 0.208 e. The first kappa shape index (κ1) is 11.9. The van der Waals surface area contributed by atoms with E-state index >= 15 is 0 Å². The first-order valence-corrected chi connectivity index (χ1v) is 6.44. The fourth-order valence-electron chi connectivity index (χ4n) is 1.31. The molecule has 0 aliphatic carbocycles. The summed E-state index contributed by atoms with van der Waals surface area (Å²) in [6.45, 7) is 4.61. The molecule has 1 atom stereocenters. The van der Waals surface area contributed by atoms with Crippen molar-refractivity contribution in [1.82, 2.24) is 4.72 Å². The quantitative estimate of drug-likeness (QED) is 0.733. The Morgan fingerprint density at radius 3 is 2.57 bits per heavy atom. The number of hydrogen-bond acceptors (Lipinski definition) is 4. The molecule has 0 bridgehead atoms. The van der Waals surface area contributed by atoms with Crippen molar-refractivity contribution in [1.29, 1.82) is 0 Å². The lowest BCUT2D eigenvalue weighted by atomic mass is 10.3. The molecule has 1 heterocycles. The highest BCUT2D eigenvalue weighted by molar-refractivity contribution is 7.88. The van der Waals surface area contributed by atoms with Gasteiger partial charge in [0.1, 0.15) is 0 Å². The van der Waals surface area contributed by atoms with Crippen molar-refractivity contribution in [2.24, 2.45) is 0 Å². The topological polar surface area (TPSA) is 64.6 Å². The summed E-state index contributed by atoms with van der Waals surface area (Å²) in [6.07, 6.45) is 1.76. The molecule has 0 spiro atoms. The van der Waals surface area contributed by atoms with Gasteiger partial charge in [-0.1, -0.05) is 0 Å². The minimum atomic E-state index is -3.09. The van der Waals surface area contributed by atoms with Crippen LogP contribution in [0.1, 0.15) is 20.3 Å². The van der Waals surface area contributed by atoms with Crippen LogP contribution in [0.3, 0.4) is 0 Å². The Labute approximate surface area is 84.8 Å². The third-order valence-electron chi connectivity index (χ3n) is 1.90. The first-order chi connectivity index (χ1) is 6.29. The van der Waals surface area contributed by atoms with Crippen molar-refractivity contribution in [2.75, 3.05) is 19.4 Å². The fraction of sp³-hybridized carbons (Fsp3) is 1.00. The molecule has 1 N–H and O–H groups in total. The molecule has 0 saturated carbocycles. The van der Waals surface area contributed by atoms with E-state index in [9.17, 15) is 8.42 Å². The molecule has 0 aromatic rings. The molecule has 1 aliphatic rings. The maximum atomic E-state index is 10.7. The van der Waals surface area contributed by atoms with Gasteiger partial charge < -0.3 is 9.47 Å². The van der Waals surface area contributed by atoms with Crippen LogP contribution in [-0.2, 0) is 19.5 Å². The van der Waals surface area contributed by atoms with Gasteiger partial charge in [0.2, 0.25) is 10.0 Å². The Balaban J connectivity index is 2.22. The lowest BCUT2D eigenvalue weighted by Gasteiger charge is -2.16. The summed E-state index contributed by atoms with van der Waals surface area (Å²) >= 11 is 0. The van der Waals surface area contributed by atoms with Crippen LogP contribution in [0, 0.1) is 0 Å². The van der Waals surface area contributed by atoms with Gasteiger partial charge in [0.15, 0.2) is 5.79 Å². The molecule has 6 heteroatoms. The molecule has 0 aromatic heterocycles. The van der Waals surface area contributed by atoms with E-state index in [4.69, 9.17) is 9.47 Å². The standard InChI is InChI=1S/C8H17NO4S/c1-8(2)12-6-7(13-8)4-5-9-14(3,10)11/h7,9H,4-6H2,1-3H3. The molecular formula is C8H17NO4S. The molecule has 1 aliphatic heterocycles. The van der Waals surface area contributed by atoms with Gasteiger partial charge in [-0.3, -0.25) is 0 Å². The van der Waals surface area contributed by atoms with Crippen LogP contribution < -0.4 is 4.72 Å². The Hall–Kier alpha value is -0.170. The summed E-state index contributed by atoms with van der Waals surface area (Å²) < 4.78 is 34.8. The lowest BCUT2D eigenvalue weighted by Crippen LogP contribution is -2.27. The average molecular weight is 223 g/mol. The normalized spacial score (nSPS) is 26.6. The number of nitrogens with one attached hydrogen (secondary N) is 1. The predicted molar refractivity (Wildman–Crippen MR) is 52.4 cm³/mol. The Kier molecular flexibility index (Phi) is 3.52. The van der Waals surface area contributed by atoms with Crippen molar-refractivity contribution >= 4 is 10.0 Å². The molecule has 84 valence electrons. The number of hydrogen-bond donors (Lipinski definition) is 1. The van der Waals surface area contributed by atoms with Gasteiger partial charge in [0, 0.05) is 6.54 Å². The highest BCUT2D eigenvalue weighted by atomic mass is 32.2. The molecular weight excluding hydrogens is 206 g/mol. The highest BCUT2D eigenvalue weighted by Crippen LogP contribution is 2.23. The predicted octanol–water partition coefficient (Wildman–Crippen LogP) is 0.0772. The summed E-state index contributed by atoms with van der Waals surface area (Å²) in [7, 11) is -3.09. The maximum absolute atomic E-state index is 10.7. The van der Waals surface area contributed by atoms with Crippen molar-refractivity contribution in [2.45, 2.75) is 32.2 Å². The van der Waals surface area contributed by atoms with Gasteiger partial charge >= 0.3 is 0 Å². The zero-order valence-electron chi connectivity index (χ0n) is 8.74. The summed E-state index contributed by atoms with van der Waals surface area (Å²) in [4.78, 5) is 0. The number of rotatable bonds is 4. The van der Waals surface area contributed by atoms with E-state index in [1.807, 2.05) is 13.8 Å². The zero-order valence-corrected chi connectivity index (χ0v) is 9.56. The molecule has 14 heavy (non-hydrogen) atoms. The molecule has 0 amide bonds. The zero-order chi connectivity index (χ0) is 10.8. The van der Waals surface area contributed by atoms with E-state index < -0.39 is 15.8 Å². The second kappa shape index (κ2) is 4.14. The largest absolute Gasteiger partial charge is 0.348 e. The third-order valence-corrected chi connectivity index (χ3v) is 2.63. The summed E-state index contributed by atoms with van der Waals surface area (Å²) in [5, 5.41) is 0. The van der Waals surface area contributed by atoms with E-state index in [0.29, 0.717) is 19.6 Å². The monoisotopic (exact) mass is 223 g/mol. The SMILES string of the molecule is CC1(C)OCC(CCNS(C)(=O)=O)O1. The molecule has 5 nitrogen and oxygen atoms in total. The van der Waals surface area contributed by atoms with Gasteiger partial charge in [-0.2, -0.15) is 0 Å².